The summed E-state index contributed by atoms with van der Waals surface area (Å²) in [6.07, 6.45) is 2.26. The Morgan fingerprint density at radius 1 is 0.341 bits per heavy atom. The van der Waals surface area contributed by atoms with Gasteiger partial charge in [-0.3, -0.25) is 0 Å². The van der Waals surface area contributed by atoms with Gasteiger partial charge in [-0.1, -0.05) is 72.8 Å². The average Bonchev–Trinajstić information content (AvgIpc) is 3.77. The van der Waals surface area contributed by atoms with Crippen LogP contribution >= 0.6 is 0 Å². The lowest BCUT2D eigenvalue weighted by Gasteiger charge is -2.08. The minimum atomic E-state index is 1.18. The standard InChI is InChI=1S/C38H23N3/c1-3-11-24(12-4-1)40-32-17-9-7-15-26(32)29-21-34-30(22-35(29)40)31-23-36-37(28-19-20-39(34)38(28)31)27-16-8-10-18-33(27)41(36)25-13-5-2-6-14-25/h1-23H. The molecule has 0 aliphatic rings. The molecule has 41 heavy (non-hydrogen) atoms. The Kier molecular flexibility index (Phi) is 3.93. The van der Waals surface area contributed by atoms with Crippen LogP contribution in [0.1, 0.15) is 0 Å². The maximum absolute atomic E-state index is 2.43. The van der Waals surface area contributed by atoms with Crippen molar-refractivity contribution >= 4 is 70.8 Å². The summed E-state index contributed by atoms with van der Waals surface area (Å²) in [5.41, 5.74) is 9.86. The van der Waals surface area contributed by atoms with Crippen LogP contribution in [0.3, 0.4) is 0 Å². The quantitative estimate of drug-likeness (QED) is 0.215. The van der Waals surface area contributed by atoms with Crippen LogP contribution < -0.4 is 0 Å². The smallest absolute Gasteiger partial charge is 0.0615 e. The molecule has 0 N–H and O–H groups in total. The maximum atomic E-state index is 2.43. The summed E-state index contributed by atoms with van der Waals surface area (Å²) in [5, 5.41) is 9.04. The summed E-state index contributed by atoms with van der Waals surface area (Å²) in [6, 6.07) is 48.6. The Morgan fingerprint density at radius 3 is 1.61 bits per heavy atom. The molecule has 0 bridgehead atoms. The first kappa shape index (κ1) is 21.3. The van der Waals surface area contributed by atoms with Crippen molar-refractivity contribution in [1.29, 1.82) is 0 Å². The molecule has 10 rings (SSSR count). The molecule has 3 nitrogen and oxygen atoms in total. The summed E-state index contributed by atoms with van der Waals surface area (Å²) in [5.74, 6) is 0. The van der Waals surface area contributed by atoms with Crippen LogP contribution in [0.15, 0.2) is 140 Å². The molecule has 0 atom stereocenters. The van der Waals surface area contributed by atoms with E-state index in [2.05, 4.69) is 153 Å². The lowest BCUT2D eigenvalue weighted by atomic mass is 10.0. The fourth-order valence-corrected chi connectivity index (χ4v) is 7.33. The van der Waals surface area contributed by atoms with Gasteiger partial charge in [-0.15, -0.1) is 0 Å². The average molecular weight is 522 g/mol. The fourth-order valence-electron chi connectivity index (χ4n) is 7.33. The SMILES string of the molecule is c1ccc(-n2c3ccccc3c3cc4c(cc32)c2cc3c(c5ccccc5n3-c3ccccc3)c3ccn4c23)cc1. The Morgan fingerprint density at radius 2 is 0.878 bits per heavy atom. The van der Waals surface area contributed by atoms with Crippen LogP contribution in [-0.2, 0) is 0 Å². The second-order valence-corrected chi connectivity index (χ2v) is 11.0. The summed E-state index contributed by atoms with van der Waals surface area (Å²) in [6.45, 7) is 0. The van der Waals surface area contributed by atoms with Crippen molar-refractivity contribution in [2.24, 2.45) is 0 Å². The molecule has 0 aliphatic heterocycles. The van der Waals surface area contributed by atoms with E-state index in [0.29, 0.717) is 0 Å². The van der Waals surface area contributed by atoms with Crippen molar-refractivity contribution < 1.29 is 0 Å². The molecule has 4 aromatic heterocycles. The molecular formula is C38H23N3. The number of rotatable bonds is 2. The van der Waals surface area contributed by atoms with E-state index in [9.17, 15) is 0 Å². The minimum Gasteiger partial charge on any atom is -0.315 e. The molecular weight excluding hydrogens is 498 g/mol. The van der Waals surface area contributed by atoms with Crippen molar-refractivity contribution in [2.45, 2.75) is 0 Å². The Balaban J connectivity index is 1.42. The molecule has 0 saturated heterocycles. The Labute approximate surface area is 235 Å². The maximum Gasteiger partial charge on any atom is 0.0615 e. The number of fused-ring (bicyclic) bond motifs is 10. The summed E-state index contributed by atoms with van der Waals surface area (Å²) < 4.78 is 7.24. The number of hydrogen-bond donors (Lipinski definition) is 0. The normalized spacial score (nSPS) is 12.4. The number of nitrogens with zero attached hydrogens (tertiary/aromatic N) is 3. The third kappa shape index (κ3) is 2.63. The first-order valence-electron chi connectivity index (χ1n) is 14.1. The second kappa shape index (κ2) is 7.56. The van der Waals surface area contributed by atoms with Crippen LogP contribution in [0.5, 0.6) is 0 Å². The molecule has 0 saturated carbocycles. The van der Waals surface area contributed by atoms with Gasteiger partial charge >= 0.3 is 0 Å². The zero-order chi connectivity index (χ0) is 26.7. The highest BCUT2D eigenvalue weighted by atomic mass is 15.0. The van der Waals surface area contributed by atoms with E-state index in [1.165, 1.54) is 82.2 Å². The number of hydrogen-bond acceptors (Lipinski definition) is 0. The highest BCUT2D eigenvalue weighted by Crippen LogP contribution is 2.44. The Bertz CT molecular complexity index is 2610. The summed E-state index contributed by atoms with van der Waals surface area (Å²) in [4.78, 5) is 0. The van der Waals surface area contributed by atoms with Gasteiger partial charge < -0.3 is 13.5 Å². The van der Waals surface area contributed by atoms with Crippen molar-refractivity contribution in [3.8, 4) is 11.4 Å². The molecule has 3 heteroatoms. The van der Waals surface area contributed by atoms with Gasteiger partial charge in [-0.05, 0) is 60.7 Å². The van der Waals surface area contributed by atoms with Gasteiger partial charge in [0.05, 0.1) is 33.1 Å². The minimum absolute atomic E-state index is 1.18. The molecule has 10 aromatic rings. The summed E-state index contributed by atoms with van der Waals surface area (Å²) >= 11 is 0. The highest BCUT2D eigenvalue weighted by Gasteiger charge is 2.22. The molecule has 0 aliphatic carbocycles. The topological polar surface area (TPSA) is 14.3 Å². The predicted octanol–water partition coefficient (Wildman–Crippen LogP) is 9.88. The fraction of sp³-hybridized carbons (Fsp3) is 0. The lowest BCUT2D eigenvalue weighted by Crippen LogP contribution is -1.93. The van der Waals surface area contributed by atoms with E-state index in [1.807, 2.05) is 0 Å². The monoisotopic (exact) mass is 521 g/mol. The van der Waals surface area contributed by atoms with Gasteiger partial charge in [0.15, 0.2) is 0 Å². The zero-order valence-electron chi connectivity index (χ0n) is 22.1. The van der Waals surface area contributed by atoms with Crippen LogP contribution in [0.2, 0.25) is 0 Å². The van der Waals surface area contributed by atoms with Crippen molar-refractivity contribution in [3.05, 3.63) is 140 Å². The van der Waals surface area contributed by atoms with Crippen molar-refractivity contribution in [1.82, 2.24) is 13.5 Å². The molecule has 6 aromatic carbocycles. The highest BCUT2D eigenvalue weighted by molar-refractivity contribution is 6.30. The van der Waals surface area contributed by atoms with E-state index < -0.39 is 0 Å². The van der Waals surface area contributed by atoms with Crippen LogP contribution in [0.25, 0.3) is 82.2 Å². The third-order valence-corrected chi connectivity index (χ3v) is 8.97. The number of para-hydroxylation sites is 4. The number of aromatic nitrogens is 3. The summed E-state index contributed by atoms with van der Waals surface area (Å²) in [7, 11) is 0. The van der Waals surface area contributed by atoms with Crippen molar-refractivity contribution in [3.63, 3.8) is 0 Å². The van der Waals surface area contributed by atoms with E-state index in [4.69, 9.17) is 0 Å². The molecule has 190 valence electrons. The van der Waals surface area contributed by atoms with E-state index in [1.54, 1.807) is 0 Å². The zero-order valence-corrected chi connectivity index (χ0v) is 22.1. The molecule has 0 fully saturated rings. The number of benzene rings is 6. The largest absolute Gasteiger partial charge is 0.315 e. The molecule has 4 heterocycles. The molecule has 0 unspecified atom stereocenters. The van der Waals surface area contributed by atoms with Gasteiger partial charge in [0.25, 0.3) is 0 Å². The van der Waals surface area contributed by atoms with Gasteiger partial charge in [-0.2, -0.15) is 0 Å². The molecule has 0 amide bonds. The molecule has 0 radical (unpaired) electrons. The lowest BCUT2D eigenvalue weighted by molar-refractivity contribution is 1.18. The van der Waals surface area contributed by atoms with E-state index in [-0.39, 0.29) is 0 Å². The first-order valence-corrected chi connectivity index (χ1v) is 14.1. The van der Waals surface area contributed by atoms with Crippen LogP contribution in [-0.4, -0.2) is 13.5 Å². The second-order valence-electron chi connectivity index (χ2n) is 11.0. The third-order valence-electron chi connectivity index (χ3n) is 8.97. The first-order chi connectivity index (χ1) is 20.4. The predicted molar refractivity (Wildman–Crippen MR) is 172 cm³/mol. The molecule has 0 spiro atoms. The Hall–Kier alpha value is -5.54. The van der Waals surface area contributed by atoms with Gasteiger partial charge in [-0.25, -0.2) is 0 Å². The van der Waals surface area contributed by atoms with Gasteiger partial charge in [0, 0.05) is 55.3 Å². The van der Waals surface area contributed by atoms with Crippen molar-refractivity contribution in [2.75, 3.05) is 0 Å². The van der Waals surface area contributed by atoms with Gasteiger partial charge in [0.1, 0.15) is 0 Å². The van der Waals surface area contributed by atoms with Crippen LogP contribution in [0, 0.1) is 0 Å². The van der Waals surface area contributed by atoms with Crippen LogP contribution in [0.4, 0.5) is 0 Å². The van der Waals surface area contributed by atoms with E-state index >= 15 is 0 Å². The van der Waals surface area contributed by atoms with Gasteiger partial charge in [0.2, 0.25) is 0 Å². The van der Waals surface area contributed by atoms with E-state index in [0.717, 1.165) is 0 Å².